The molecule has 8 aromatic carbocycles. The lowest BCUT2D eigenvalue weighted by atomic mass is 9.84. The van der Waals surface area contributed by atoms with Gasteiger partial charge in [0.25, 0.3) is 0 Å². The summed E-state index contributed by atoms with van der Waals surface area (Å²) in [6.07, 6.45) is 0.805. The van der Waals surface area contributed by atoms with E-state index in [9.17, 15) is 0 Å². The van der Waals surface area contributed by atoms with Gasteiger partial charge in [-0.2, -0.15) is 0 Å². The van der Waals surface area contributed by atoms with Crippen molar-refractivity contribution in [1.82, 2.24) is 9.55 Å². The minimum atomic E-state index is -0.396. The maximum Gasteiger partial charge on any atom is 0.114 e. The molecule has 0 saturated heterocycles. The van der Waals surface area contributed by atoms with Crippen molar-refractivity contribution < 1.29 is 6.85 Å². The van der Waals surface area contributed by atoms with Gasteiger partial charge in [-0.15, -0.1) is 0 Å². The Labute approximate surface area is 281 Å². The Morgan fingerprint density at radius 2 is 1.13 bits per heavy atom. The van der Waals surface area contributed by atoms with E-state index in [1.807, 2.05) is 30.3 Å². The largest absolute Gasteiger partial charge is 0.296 e. The molecule has 9 rings (SSSR count). The van der Waals surface area contributed by atoms with Gasteiger partial charge in [-0.25, -0.2) is 4.98 Å². The second-order valence-electron chi connectivity index (χ2n) is 11.8. The summed E-state index contributed by atoms with van der Waals surface area (Å²) in [5.74, 6) is 1.02. The van der Waals surface area contributed by atoms with Gasteiger partial charge in [-0.1, -0.05) is 146 Å². The zero-order chi connectivity index (χ0) is 35.7. The van der Waals surface area contributed by atoms with Gasteiger partial charge in [0.2, 0.25) is 0 Å². The van der Waals surface area contributed by atoms with Gasteiger partial charge < -0.3 is 0 Å². The highest BCUT2D eigenvalue weighted by Crippen LogP contribution is 2.46. The van der Waals surface area contributed by atoms with Crippen LogP contribution < -0.4 is 0 Å². The molecule has 0 N–H and O–H groups in total. The van der Waals surface area contributed by atoms with E-state index in [0.717, 1.165) is 83.5 Å². The maximum absolute atomic E-state index is 8.65. The second-order valence-corrected chi connectivity index (χ2v) is 11.8. The van der Waals surface area contributed by atoms with Crippen molar-refractivity contribution >= 4 is 43.4 Å². The van der Waals surface area contributed by atoms with Gasteiger partial charge in [0.05, 0.1) is 23.6 Å². The highest BCUT2D eigenvalue weighted by atomic mass is 15.1. The van der Waals surface area contributed by atoms with E-state index >= 15 is 0 Å². The zero-order valence-corrected chi connectivity index (χ0v) is 25.8. The predicted molar refractivity (Wildman–Crippen MR) is 199 cm³/mol. The fourth-order valence-electron chi connectivity index (χ4n) is 7.23. The number of benzene rings is 8. The Morgan fingerprint density at radius 3 is 1.83 bits per heavy atom. The fraction of sp³-hybridized carbons (Fsp3) is 0.0444. The van der Waals surface area contributed by atoms with Gasteiger partial charge in [-0.05, 0) is 84.6 Å². The number of fused-ring (bicyclic) bond motifs is 4. The molecule has 1 heterocycles. The Balaban J connectivity index is 1.32. The molecule has 0 atom stereocenters. The molecular weight excluding hydrogens is 569 g/mol. The smallest absolute Gasteiger partial charge is 0.114 e. The van der Waals surface area contributed by atoms with Gasteiger partial charge in [0.1, 0.15) is 5.82 Å². The highest BCUT2D eigenvalue weighted by Gasteiger charge is 2.20. The standard InChI is InChI=1S/C45H32N2/c1-2-43-46-40-25-12-13-26-42(40)47(43)41-28-27-39(33-19-6-7-20-34(33)41)45-37-23-10-8-21-35(37)44(36-22-9-11-24-38(36)45)32-18-14-17-31(29-32)30-15-4-3-5-16-30/h3-29H,2H2,1H3/i3D,4D,5D,15D,16D. The quantitative estimate of drug-likeness (QED) is 0.178. The van der Waals surface area contributed by atoms with Crippen LogP contribution in [0.4, 0.5) is 0 Å². The molecule has 0 aliphatic heterocycles. The van der Waals surface area contributed by atoms with E-state index in [1.54, 1.807) is 0 Å². The summed E-state index contributed by atoms with van der Waals surface area (Å²) in [5, 5.41) is 6.62. The minimum absolute atomic E-state index is 0.196. The van der Waals surface area contributed by atoms with Crippen molar-refractivity contribution in [1.29, 1.82) is 0 Å². The summed E-state index contributed by atoms with van der Waals surface area (Å²) in [6.45, 7) is 2.15. The van der Waals surface area contributed by atoms with E-state index < -0.39 is 6.04 Å². The summed E-state index contributed by atoms with van der Waals surface area (Å²) in [4.78, 5) is 4.98. The summed E-state index contributed by atoms with van der Waals surface area (Å²) in [7, 11) is 0. The first-order valence-corrected chi connectivity index (χ1v) is 16.0. The lowest BCUT2D eigenvalue weighted by molar-refractivity contribution is 0.913. The molecule has 0 bridgehead atoms. The number of nitrogens with zero attached hydrogens (tertiary/aromatic N) is 2. The Kier molecular flexibility index (Phi) is 5.32. The Morgan fingerprint density at radius 1 is 0.532 bits per heavy atom. The molecule has 0 aliphatic carbocycles. The van der Waals surface area contributed by atoms with Crippen molar-refractivity contribution in [2.45, 2.75) is 13.3 Å². The topological polar surface area (TPSA) is 17.8 Å². The van der Waals surface area contributed by atoms with Crippen LogP contribution in [-0.4, -0.2) is 9.55 Å². The first-order valence-electron chi connectivity index (χ1n) is 18.5. The van der Waals surface area contributed by atoms with Crippen LogP contribution >= 0.6 is 0 Å². The number of aromatic nitrogens is 2. The number of hydrogen-bond acceptors (Lipinski definition) is 1. The van der Waals surface area contributed by atoms with Crippen LogP contribution in [0.5, 0.6) is 0 Å². The molecule has 0 aliphatic rings. The molecule has 0 fully saturated rings. The van der Waals surface area contributed by atoms with Crippen molar-refractivity contribution in [3.8, 4) is 39.1 Å². The third-order valence-corrected chi connectivity index (χ3v) is 9.23. The molecule has 0 amide bonds. The molecule has 0 spiro atoms. The van der Waals surface area contributed by atoms with E-state index in [0.29, 0.717) is 5.56 Å². The van der Waals surface area contributed by atoms with Crippen LogP contribution in [0, 0.1) is 0 Å². The highest BCUT2D eigenvalue weighted by molar-refractivity contribution is 6.24. The number of imidazole rings is 1. The van der Waals surface area contributed by atoms with Crippen LogP contribution in [0.3, 0.4) is 0 Å². The molecule has 0 unspecified atom stereocenters. The molecule has 0 radical (unpaired) electrons. The third kappa shape index (κ3) is 4.37. The van der Waals surface area contributed by atoms with Crippen LogP contribution in [0.1, 0.15) is 19.6 Å². The van der Waals surface area contributed by atoms with Crippen molar-refractivity contribution in [2.75, 3.05) is 0 Å². The molecule has 1 aromatic heterocycles. The minimum Gasteiger partial charge on any atom is -0.296 e. The predicted octanol–water partition coefficient (Wildman–Crippen LogP) is 12.0. The summed E-state index contributed by atoms with van der Waals surface area (Å²) in [5.41, 5.74) is 8.15. The molecule has 222 valence electrons. The fourth-order valence-corrected chi connectivity index (χ4v) is 7.23. The van der Waals surface area contributed by atoms with Crippen molar-refractivity contribution in [2.24, 2.45) is 0 Å². The van der Waals surface area contributed by atoms with E-state index in [-0.39, 0.29) is 29.7 Å². The lowest BCUT2D eigenvalue weighted by Gasteiger charge is -2.20. The maximum atomic E-state index is 8.65. The average Bonchev–Trinajstić information content (AvgIpc) is 3.57. The summed E-state index contributed by atoms with van der Waals surface area (Å²) in [6, 6.07) is 44.5. The van der Waals surface area contributed by atoms with Crippen LogP contribution in [-0.2, 0) is 6.42 Å². The Hall–Kier alpha value is -5.99. The molecule has 2 heteroatoms. The first-order chi connectivity index (χ1) is 25.4. The Bertz CT molecular complexity index is 2820. The second kappa shape index (κ2) is 11.1. The molecule has 0 saturated carbocycles. The number of hydrogen-bond donors (Lipinski definition) is 0. The summed E-state index contributed by atoms with van der Waals surface area (Å²) < 4.78 is 44.2. The first kappa shape index (κ1) is 22.5. The average molecular weight is 606 g/mol. The van der Waals surface area contributed by atoms with E-state index in [1.165, 1.54) is 0 Å². The molecular formula is C45H32N2. The summed E-state index contributed by atoms with van der Waals surface area (Å²) >= 11 is 0. The monoisotopic (exact) mass is 605 g/mol. The molecule has 2 nitrogen and oxygen atoms in total. The SMILES string of the molecule is [2H]c1c([2H])c([2H])c(-c2cccc(-c3c4ccccc4c(-c4ccc(-n5c(CC)nc6ccccc65)c5ccccc45)c4ccccc34)c2)c([2H])c1[2H]. The normalized spacial score (nSPS) is 13.1. The van der Waals surface area contributed by atoms with Gasteiger partial charge >= 0.3 is 0 Å². The van der Waals surface area contributed by atoms with Crippen molar-refractivity contribution in [3.05, 3.63) is 169 Å². The number of rotatable bonds is 5. The number of para-hydroxylation sites is 2. The number of aryl methyl sites for hydroxylation is 1. The van der Waals surface area contributed by atoms with Crippen LogP contribution in [0.25, 0.3) is 82.4 Å². The van der Waals surface area contributed by atoms with Crippen LogP contribution in [0.15, 0.2) is 164 Å². The van der Waals surface area contributed by atoms with Crippen molar-refractivity contribution in [3.63, 3.8) is 0 Å². The third-order valence-electron chi connectivity index (χ3n) is 9.23. The van der Waals surface area contributed by atoms with E-state index in [4.69, 9.17) is 11.8 Å². The van der Waals surface area contributed by atoms with Gasteiger partial charge in [0.15, 0.2) is 0 Å². The molecule has 9 aromatic rings. The van der Waals surface area contributed by atoms with Gasteiger partial charge in [0, 0.05) is 11.8 Å². The van der Waals surface area contributed by atoms with E-state index in [2.05, 4.69) is 115 Å². The molecule has 47 heavy (non-hydrogen) atoms. The van der Waals surface area contributed by atoms with Crippen LogP contribution in [0.2, 0.25) is 0 Å². The zero-order valence-electron chi connectivity index (χ0n) is 30.8. The van der Waals surface area contributed by atoms with Gasteiger partial charge in [-0.3, -0.25) is 4.57 Å². The lowest BCUT2D eigenvalue weighted by Crippen LogP contribution is -2.01.